The maximum absolute atomic E-state index is 12.1. The van der Waals surface area contributed by atoms with Crippen LogP contribution in [0.15, 0.2) is 0 Å². The fraction of sp³-hybridized carbons (Fsp3) is 0.933. The highest BCUT2D eigenvalue weighted by atomic mass is 16.6. The number of aliphatic hydroxyl groups is 1. The predicted octanol–water partition coefficient (Wildman–Crippen LogP) is 1.99. The molecule has 0 bridgehead atoms. The second-order valence-corrected chi connectivity index (χ2v) is 6.65. The van der Waals surface area contributed by atoms with Gasteiger partial charge in [0.25, 0.3) is 0 Å². The van der Waals surface area contributed by atoms with E-state index in [-0.39, 0.29) is 12.7 Å². The first-order valence-corrected chi connectivity index (χ1v) is 7.65. The van der Waals surface area contributed by atoms with Gasteiger partial charge < -0.3 is 20.1 Å². The Labute approximate surface area is 122 Å². The molecule has 1 amide bonds. The molecule has 1 heterocycles. The quantitative estimate of drug-likeness (QED) is 0.759. The summed E-state index contributed by atoms with van der Waals surface area (Å²) < 4.78 is 5.44. The summed E-state index contributed by atoms with van der Waals surface area (Å²) in [6.45, 7) is 10.4. The second kappa shape index (κ2) is 7.84. The number of nitrogens with one attached hydrogen (secondary N) is 1. The molecule has 0 radical (unpaired) electrons. The summed E-state index contributed by atoms with van der Waals surface area (Å²) in [5.41, 5.74) is -0.435. The second-order valence-electron chi connectivity index (χ2n) is 6.65. The third kappa shape index (κ3) is 6.09. The lowest BCUT2D eigenvalue weighted by Gasteiger charge is -2.36. The summed E-state index contributed by atoms with van der Waals surface area (Å²) in [7, 11) is 0. The molecular formula is C15H30N2O3. The van der Waals surface area contributed by atoms with E-state index in [1.165, 1.54) is 0 Å². The average molecular weight is 286 g/mol. The van der Waals surface area contributed by atoms with E-state index in [9.17, 15) is 4.79 Å². The summed E-state index contributed by atoms with van der Waals surface area (Å²) in [4.78, 5) is 13.9. The van der Waals surface area contributed by atoms with Crippen LogP contribution in [0.4, 0.5) is 4.79 Å². The van der Waals surface area contributed by atoms with Gasteiger partial charge in [-0.2, -0.15) is 0 Å². The summed E-state index contributed by atoms with van der Waals surface area (Å²) in [6.07, 6.45) is 2.72. The molecule has 2 atom stereocenters. The molecule has 2 unspecified atom stereocenters. The molecule has 1 saturated heterocycles. The molecule has 0 spiro atoms. The minimum Gasteiger partial charge on any atom is -0.444 e. The number of rotatable bonds is 5. The van der Waals surface area contributed by atoms with Gasteiger partial charge in [-0.1, -0.05) is 0 Å². The lowest BCUT2D eigenvalue weighted by molar-refractivity contribution is 0.0148. The van der Waals surface area contributed by atoms with E-state index in [1.807, 2.05) is 25.7 Å². The molecule has 1 aliphatic rings. The molecule has 1 rings (SSSR count). The van der Waals surface area contributed by atoms with Crippen LogP contribution < -0.4 is 5.32 Å². The van der Waals surface area contributed by atoms with Crippen LogP contribution in [0.25, 0.3) is 0 Å². The Bertz CT molecular complexity index is 302. The van der Waals surface area contributed by atoms with Crippen LogP contribution in [0.1, 0.15) is 47.0 Å². The van der Waals surface area contributed by atoms with E-state index in [2.05, 4.69) is 12.2 Å². The van der Waals surface area contributed by atoms with Gasteiger partial charge in [0.05, 0.1) is 0 Å². The van der Waals surface area contributed by atoms with Gasteiger partial charge in [-0.05, 0) is 59.4 Å². The van der Waals surface area contributed by atoms with Gasteiger partial charge in [0, 0.05) is 25.7 Å². The van der Waals surface area contributed by atoms with E-state index in [0.717, 1.165) is 38.9 Å². The summed E-state index contributed by atoms with van der Waals surface area (Å²) >= 11 is 0. The van der Waals surface area contributed by atoms with Crippen molar-refractivity contribution in [1.29, 1.82) is 0 Å². The van der Waals surface area contributed by atoms with Gasteiger partial charge in [-0.3, -0.25) is 0 Å². The van der Waals surface area contributed by atoms with E-state index < -0.39 is 5.60 Å². The lowest BCUT2D eigenvalue weighted by atomic mass is 9.91. The monoisotopic (exact) mass is 286 g/mol. The Morgan fingerprint density at radius 2 is 2.20 bits per heavy atom. The number of amides is 1. The molecule has 118 valence electrons. The molecule has 5 heteroatoms. The number of likely N-dealkylation sites (tertiary alicyclic amines) is 1. The van der Waals surface area contributed by atoms with Gasteiger partial charge in [-0.15, -0.1) is 0 Å². The third-order valence-corrected chi connectivity index (χ3v) is 3.62. The zero-order chi connectivity index (χ0) is 15.2. The third-order valence-electron chi connectivity index (χ3n) is 3.62. The first-order valence-electron chi connectivity index (χ1n) is 7.65. The SMILES string of the molecule is CC(NCCCO)C1CCCN(C(=O)OC(C)(C)C)C1. The standard InChI is InChI=1S/C15H30N2O3/c1-12(16-8-6-10-18)13-7-5-9-17(11-13)14(19)20-15(2,3)4/h12-13,16,18H,5-11H2,1-4H3. The van der Waals surface area contributed by atoms with Crippen molar-refractivity contribution in [1.82, 2.24) is 10.2 Å². The van der Waals surface area contributed by atoms with Gasteiger partial charge >= 0.3 is 6.09 Å². The van der Waals surface area contributed by atoms with E-state index in [4.69, 9.17) is 9.84 Å². The van der Waals surface area contributed by atoms with E-state index in [1.54, 1.807) is 0 Å². The lowest BCUT2D eigenvalue weighted by Crippen LogP contribution is -2.48. The van der Waals surface area contributed by atoms with Crippen molar-refractivity contribution in [2.24, 2.45) is 5.92 Å². The summed E-state index contributed by atoms with van der Waals surface area (Å²) in [5.74, 6) is 0.454. The summed E-state index contributed by atoms with van der Waals surface area (Å²) in [5, 5.41) is 12.2. The molecule has 2 N–H and O–H groups in total. The van der Waals surface area contributed by atoms with Gasteiger partial charge in [0.15, 0.2) is 0 Å². The number of carbonyl (C=O) groups excluding carboxylic acids is 1. The molecule has 20 heavy (non-hydrogen) atoms. The minimum absolute atomic E-state index is 0.204. The van der Waals surface area contributed by atoms with Crippen molar-refractivity contribution in [3.63, 3.8) is 0 Å². The average Bonchev–Trinajstić information content (AvgIpc) is 2.37. The van der Waals surface area contributed by atoms with Gasteiger partial charge in [0.2, 0.25) is 0 Å². The smallest absolute Gasteiger partial charge is 0.410 e. The van der Waals surface area contributed by atoms with Crippen LogP contribution in [-0.4, -0.2) is 54.0 Å². The topological polar surface area (TPSA) is 61.8 Å². The molecule has 5 nitrogen and oxygen atoms in total. The van der Waals surface area contributed by atoms with Crippen molar-refractivity contribution in [2.75, 3.05) is 26.2 Å². The Kier molecular flexibility index (Phi) is 6.76. The largest absolute Gasteiger partial charge is 0.444 e. The Balaban J connectivity index is 2.43. The molecule has 0 saturated carbocycles. The molecular weight excluding hydrogens is 256 g/mol. The Hall–Kier alpha value is -0.810. The van der Waals surface area contributed by atoms with Gasteiger partial charge in [-0.25, -0.2) is 4.79 Å². The van der Waals surface area contributed by atoms with Crippen LogP contribution >= 0.6 is 0 Å². The maximum Gasteiger partial charge on any atom is 0.410 e. The number of hydrogen-bond donors (Lipinski definition) is 2. The van der Waals surface area contributed by atoms with Crippen LogP contribution in [0.2, 0.25) is 0 Å². The fourth-order valence-electron chi connectivity index (χ4n) is 2.49. The van der Waals surface area contributed by atoms with E-state index in [0.29, 0.717) is 12.0 Å². The predicted molar refractivity (Wildman–Crippen MR) is 79.7 cm³/mol. The highest BCUT2D eigenvalue weighted by molar-refractivity contribution is 5.68. The number of hydrogen-bond acceptors (Lipinski definition) is 4. The van der Waals surface area contributed by atoms with Crippen LogP contribution in [0.3, 0.4) is 0 Å². The molecule has 0 aromatic carbocycles. The minimum atomic E-state index is -0.435. The number of carbonyl (C=O) groups is 1. The van der Waals surface area contributed by atoms with Gasteiger partial charge in [0.1, 0.15) is 5.60 Å². The maximum atomic E-state index is 12.1. The van der Waals surface area contributed by atoms with Crippen LogP contribution in [0, 0.1) is 5.92 Å². The number of aliphatic hydroxyl groups excluding tert-OH is 1. The highest BCUT2D eigenvalue weighted by Crippen LogP contribution is 2.21. The van der Waals surface area contributed by atoms with E-state index >= 15 is 0 Å². The molecule has 0 aromatic rings. The Morgan fingerprint density at radius 1 is 1.50 bits per heavy atom. The zero-order valence-electron chi connectivity index (χ0n) is 13.3. The number of ether oxygens (including phenoxy) is 1. The van der Waals surface area contributed by atoms with Crippen molar-refractivity contribution >= 4 is 6.09 Å². The van der Waals surface area contributed by atoms with Crippen LogP contribution in [-0.2, 0) is 4.74 Å². The molecule has 1 aliphatic heterocycles. The van der Waals surface area contributed by atoms with Crippen molar-refractivity contribution in [2.45, 2.75) is 58.6 Å². The Morgan fingerprint density at radius 3 is 2.80 bits per heavy atom. The van der Waals surface area contributed by atoms with Crippen LogP contribution in [0.5, 0.6) is 0 Å². The fourth-order valence-corrected chi connectivity index (χ4v) is 2.49. The molecule has 0 aromatic heterocycles. The first-order chi connectivity index (χ1) is 9.33. The number of piperidine rings is 1. The van der Waals surface area contributed by atoms with Crippen molar-refractivity contribution < 1.29 is 14.6 Å². The van der Waals surface area contributed by atoms with Crippen molar-refractivity contribution in [3.05, 3.63) is 0 Å². The summed E-state index contributed by atoms with van der Waals surface area (Å²) in [6, 6.07) is 0.354. The molecule has 1 fully saturated rings. The highest BCUT2D eigenvalue weighted by Gasteiger charge is 2.29. The zero-order valence-corrected chi connectivity index (χ0v) is 13.3. The molecule has 0 aliphatic carbocycles. The first kappa shape index (κ1) is 17.2. The van der Waals surface area contributed by atoms with Crippen molar-refractivity contribution in [3.8, 4) is 0 Å². The number of nitrogens with zero attached hydrogens (tertiary/aromatic N) is 1. The normalized spacial score (nSPS) is 21.6.